The van der Waals surface area contributed by atoms with E-state index in [1.54, 1.807) is 20.8 Å². The molecule has 0 bridgehead atoms. The highest BCUT2D eigenvalue weighted by Crippen LogP contribution is 2.88. The molecule has 0 aromatic rings. The van der Waals surface area contributed by atoms with Gasteiger partial charge in [0.1, 0.15) is 17.7 Å². The summed E-state index contributed by atoms with van der Waals surface area (Å²) in [5.41, 5.74) is -1.26. The summed E-state index contributed by atoms with van der Waals surface area (Å²) in [5, 5.41) is 12.7. The first kappa shape index (κ1) is 22.9. The molecule has 0 radical (unpaired) electrons. The first-order chi connectivity index (χ1) is 13.5. The number of nitrogens with one attached hydrogen (secondary N) is 1. The molecule has 0 aromatic carbocycles. The lowest BCUT2D eigenvalue weighted by atomic mass is 9.73. The molecule has 1 aliphatic heterocycles. The molecule has 7 heteroatoms. The zero-order valence-corrected chi connectivity index (χ0v) is 19.7. The number of ether oxygens (including phenoxy) is 1. The third kappa shape index (κ3) is 3.19. The molecule has 2 saturated carbocycles. The minimum atomic E-state index is -0.970. The van der Waals surface area contributed by atoms with Gasteiger partial charge >= 0.3 is 12.1 Å². The summed E-state index contributed by atoms with van der Waals surface area (Å²) < 4.78 is 5.36. The molecule has 2 spiro atoms. The summed E-state index contributed by atoms with van der Waals surface area (Å²) in [5.74, 6) is -1.31. The lowest BCUT2D eigenvalue weighted by Gasteiger charge is -2.35. The summed E-state index contributed by atoms with van der Waals surface area (Å²) in [6, 6.07) is -1.73. The third-order valence-electron chi connectivity index (χ3n) is 8.15. The van der Waals surface area contributed by atoms with Crippen molar-refractivity contribution >= 4 is 18.0 Å². The molecule has 7 nitrogen and oxygen atoms in total. The fourth-order valence-electron chi connectivity index (χ4n) is 6.29. The van der Waals surface area contributed by atoms with Crippen LogP contribution in [0.1, 0.15) is 81.1 Å². The number of carbonyl (C=O) groups excluding carboxylic acids is 2. The summed E-state index contributed by atoms with van der Waals surface area (Å²) >= 11 is 0. The van der Waals surface area contributed by atoms with Crippen molar-refractivity contribution < 1.29 is 24.2 Å². The smallest absolute Gasteiger partial charge is 0.408 e. The predicted octanol–water partition coefficient (Wildman–Crippen LogP) is 3.81. The topological polar surface area (TPSA) is 95.9 Å². The molecular weight excluding hydrogens is 384 g/mol. The summed E-state index contributed by atoms with van der Waals surface area (Å²) in [7, 11) is 0. The number of aliphatic carboxylic acids is 1. The lowest BCUT2D eigenvalue weighted by Crippen LogP contribution is -2.57. The SMILES string of the molecule is CC(C)(C)OC(=O)NC(C(=O)N1C[C@]2(C[C@H]1C(=O)O)C(C)(C)C21CCC1)C(C)(C)C. The van der Waals surface area contributed by atoms with E-state index >= 15 is 0 Å². The van der Waals surface area contributed by atoms with Gasteiger partial charge in [-0.2, -0.15) is 0 Å². The van der Waals surface area contributed by atoms with Gasteiger partial charge < -0.3 is 20.1 Å². The highest BCUT2D eigenvalue weighted by molar-refractivity contribution is 5.91. The van der Waals surface area contributed by atoms with Crippen LogP contribution in [0.3, 0.4) is 0 Å². The van der Waals surface area contributed by atoms with Gasteiger partial charge in [-0.15, -0.1) is 0 Å². The van der Waals surface area contributed by atoms with Crippen LogP contribution in [-0.4, -0.2) is 52.2 Å². The van der Waals surface area contributed by atoms with Crippen molar-refractivity contribution in [3.05, 3.63) is 0 Å². The number of carboxylic acid groups (broad SMARTS) is 1. The van der Waals surface area contributed by atoms with Crippen LogP contribution in [0.15, 0.2) is 0 Å². The number of fused-ring (bicyclic) bond motifs is 1. The van der Waals surface area contributed by atoms with E-state index in [4.69, 9.17) is 4.74 Å². The molecule has 3 fully saturated rings. The van der Waals surface area contributed by atoms with E-state index in [0.29, 0.717) is 13.0 Å². The fourth-order valence-corrected chi connectivity index (χ4v) is 6.29. The number of hydrogen-bond acceptors (Lipinski definition) is 4. The Balaban J connectivity index is 1.86. The van der Waals surface area contributed by atoms with Gasteiger partial charge in [0.05, 0.1) is 0 Å². The molecule has 0 aromatic heterocycles. The Kier molecular flexibility index (Phi) is 5.04. The first-order valence-corrected chi connectivity index (χ1v) is 11.0. The van der Waals surface area contributed by atoms with E-state index in [1.165, 1.54) is 11.3 Å². The zero-order valence-electron chi connectivity index (χ0n) is 19.7. The van der Waals surface area contributed by atoms with Gasteiger partial charge in [0.25, 0.3) is 0 Å². The fraction of sp³-hybridized carbons (Fsp3) is 0.870. The number of likely N-dealkylation sites (tertiary alicyclic amines) is 1. The second-order valence-corrected chi connectivity index (χ2v) is 12.1. The molecule has 1 saturated heterocycles. The molecule has 2 aliphatic carbocycles. The second kappa shape index (κ2) is 6.60. The van der Waals surface area contributed by atoms with Crippen LogP contribution in [-0.2, 0) is 14.3 Å². The van der Waals surface area contributed by atoms with E-state index < -0.39 is 35.2 Å². The van der Waals surface area contributed by atoms with Crippen molar-refractivity contribution in [2.24, 2.45) is 21.7 Å². The van der Waals surface area contributed by atoms with Crippen LogP contribution in [0.2, 0.25) is 0 Å². The molecule has 3 atom stereocenters. The Labute approximate surface area is 179 Å². The molecule has 170 valence electrons. The number of carboxylic acids is 1. The van der Waals surface area contributed by atoms with Crippen LogP contribution in [0, 0.1) is 21.7 Å². The predicted molar refractivity (Wildman–Crippen MR) is 113 cm³/mol. The molecule has 1 unspecified atom stereocenters. The average molecular weight is 423 g/mol. The van der Waals surface area contributed by atoms with Crippen LogP contribution in [0.25, 0.3) is 0 Å². The standard InChI is InChI=1S/C23H38N2O5/c1-19(2,3)15(24-18(29)30-20(4,5)6)16(26)25-13-23(12-14(25)17(27)28)21(7,8)22(23)10-9-11-22/h14-15H,9-13H2,1-8H3,(H,24,29)(H,27,28)/t14-,15?,23+/m0/s1. The van der Waals surface area contributed by atoms with E-state index in [0.717, 1.165) is 12.8 Å². The zero-order chi connectivity index (χ0) is 22.9. The van der Waals surface area contributed by atoms with Gasteiger partial charge in [-0.3, -0.25) is 4.79 Å². The third-order valence-corrected chi connectivity index (χ3v) is 8.15. The Morgan fingerprint density at radius 2 is 1.63 bits per heavy atom. The van der Waals surface area contributed by atoms with Gasteiger partial charge in [0.2, 0.25) is 5.91 Å². The molecule has 2 N–H and O–H groups in total. The van der Waals surface area contributed by atoms with Crippen LogP contribution >= 0.6 is 0 Å². The maximum absolute atomic E-state index is 13.6. The summed E-state index contributed by atoms with van der Waals surface area (Å²) in [4.78, 5) is 39.7. The van der Waals surface area contributed by atoms with Crippen molar-refractivity contribution in [3.8, 4) is 0 Å². The lowest BCUT2D eigenvalue weighted by molar-refractivity contribution is -0.150. The second-order valence-electron chi connectivity index (χ2n) is 12.1. The van der Waals surface area contributed by atoms with Crippen molar-refractivity contribution in [1.29, 1.82) is 0 Å². The molecule has 30 heavy (non-hydrogen) atoms. The van der Waals surface area contributed by atoms with Crippen LogP contribution in [0.5, 0.6) is 0 Å². The maximum atomic E-state index is 13.6. The van der Waals surface area contributed by atoms with Crippen molar-refractivity contribution in [3.63, 3.8) is 0 Å². The maximum Gasteiger partial charge on any atom is 0.408 e. The number of alkyl carbamates (subject to hydrolysis) is 1. The Morgan fingerprint density at radius 3 is 2.00 bits per heavy atom. The van der Waals surface area contributed by atoms with E-state index in [9.17, 15) is 19.5 Å². The van der Waals surface area contributed by atoms with Crippen molar-refractivity contribution in [2.45, 2.75) is 98.8 Å². The van der Waals surface area contributed by atoms with Crippen molar-refractivity contribution in [2.75, 3.05) is 6.54 Å². The highest BCUT2D eigenvalue weighted by atomic mass is 16.6. The van der Waals surface area contributed by atoms with Crippen molar-refractivity contribution in [1.82, 2.24) is 10.2 Å². The number of nitrogens with zero attached hydrogens (tertiary/aromatic N) is 1. The normalized spacial score (nSPS) is 30.0. The van der Waals surface area contributed by atoms with Crippen LogP contribution < -0.4 is 5.32 Å². The van der Waals surface area contributed by atoms with Gasteiger partial charge in [0, 0.05) is 12.0 Å². The highest BCUT2D eigenvalue weighted by Gasteiger charge is 2.85. The molecule has 3 aliphatic rings. The molecule has 2 amide bonds. The number of rotatable bonds is 3. The van der Waals surface area contributed by atoms with Crippen LogP contribution in [0.4, 0.5) is 4.79 Å². The summed E-state index contributed by atoms with van der Waals surface area (Å²) in [6.45, 7) is 15.8. The quantitative estimate of drug-likeness (QED) is 0.721. The largest absolute Gasteiger partial charge is 0.480 e. The van der Waals surface area contributed by atoms with E-state index in [2.05, 4.69) is 19.2 Å². The first-order valence-electron chi connectivity index (χ1n) is 11.0. The molecule has 1 heterocycles. The van der Waals surface area contributed by atoms with Gasteiger partial charge in [0.15, 0.2) is 0 Å². The Morgan fingerprint density at radius 1 is 1.07 bits per heavy atom. The monoisotopic (exact) mass is 422 g/mol. The van der Waals surface area contributed by atoms with E-state index in [1.807, 2.05) is 20.8 Å². The van der Waals surface area contributed by atoms with Gasteiger partial charge in [-0.25, -0.2) is 9.59 Å². The Hall–Kier alpha value is -1.79. The average Bonchev–Trinajstić information content (AvgIpc) is 2.78. The molecule has 3 rings (SSSR count). The number of carbonyl (C=O) groups is 3. The Bertz CT molecular complexity index is 757. The minimum Gasteiger partial charge on any atom is -0.480 e. The molecular formula is C23H38N2O5. The van der Waals surface area contributed by atoms with Gasteiger partial charge in [-0.05, 0) is 56.3 Å². The number of hydrogen-bond donors (Lipinski definition) is 2. The number of amides is 2. The van der Waals surface area contributed by atoms with E-state index in [-0.39, 0.29) is 22.2 Å². The summed E-state index contributed by atoms with van der Waals surface area (Å²) in [6.07, 6.45) is 3.20. The van der Waals surface area contributed by atoms with Gasteiger partial charge in [-0.1, -0.05) is 41.0 Å². The minimum absolute atomic E-state index is 0.0246.